The van der Waals surface area contributed by atoms with E-state index in [1.807, 2.05) is 6.92 Å². The smallest absolute Gasteiger partial charge is 0.144 e. The van der Waals surface area contributed by atoms with E-state index in [4.69, 9.17) is 9.84 Å². The molecule has 0 radical (unpaired) electrons. The van der Waals surface area contributed by atoms with Crippen molar-refractivity contribution < 1.29 is 9.84 Å². The summed E-state index contributed by atoms with van der Waals surface area (Å²) in [6.45, 7) is 5.94. The van der Waals surface area contributed by atoms with Crippen molar-refractivity contribution in [2.24, 2.45) is 0 Å². The van der Waals surface area contributed by atoms with Crippen LogP contribution in [0.15, 0.2) is 0 Å². The lowest BCUT2D eigenvalue weighted by Gasteiger charge is -2.25. The Morgan fingerprint density at radius 3 is 1.89 bits per heavy atom. The standard InChI is InChI=1S/C7H16O2/c1-4-7(3,5-2)9-6-8/h8H,4-6H2,1-3H3. The topological polar surface area (TPSA) is 29.5 Å². The molecule has 1 N–H and O–H groups in total. The van der Waals surface area contributed by atoms with Crippen molar-refractivity contribution in [3.05, 3.63) is 0 Å². The molecule has 0 saturated carbocycles. The largest absolute Gasteiger partial charge is 0.371 e. The second-order valence-corrected chi connectivity index (χ2v) is 2.43. The van der Waals surface area contributed by atoms with Crippen LogP contribution in [0.4, 0.5) is 0 Å². The van der Waals surface area contributed by atoms with Crippen molar-refractivity contribution in [3.8, 4) is 0 Å². The number of rotatable bonds is 4. The van der Waals surface area contributed by atoms with Crippen molar-refractivity contribution >= 4 is 0 Å². The molecule has 0 atom stereocenters. The first-order valence-corrected chi connectivity index (χ1v) is 3.43. The third kappa shape index (κ3) is 2.82. The summed E-state index contributed by atoms with van der Waals surface area (Å²) in [5.41, 5.74) is -0.116. The predicted molar refractivity (Wildman–Crippen MR) is 37.2 cm³/mol. The molecule has 0 unspecified atom stereocenters. The fourth-order valence-electron chi connectivity index (χ4n) is 0.610. The summed E-state index contributed by atoms with van der Waals surface area (Å²) in [7, 11) is 0. The fraction of sp³-hybridized carbons (Fsp3) is 1.00. The maximum absolute atomic E-state index is 8.44. The van der Waals surface area contributed by atoms with E-state index < -0.39 is 0 Å². The molecule has 0 rings (SSSR count). The van der Waals surface area contributed by atoms with Gasteiger partial charge in [-0.25, -0.2) is 0 Å². The van der Waals surface area contributed by atoms with Crippen LogP contribution in [0.1, 0.15) is 33.6 Å². The van der Waals surface area contributed by atoms with Crippen molar-refractivity contribution in [3.63, 3.8) is 0 Å². The molecule has 0 aliphatic rings. The predicted octanol–water partition coefficient (Wildman–Crippen LogP) is 1.53. The van der Waals surface area contributed by atoms with Gasteiger partial charge in [-0.15, -0.1) is 0 Å². The van der Waals surface area contributed by atoms with Gasteiger partial charge in [0.05, 0.1) is 5.60 Å². The quantitative estimate of drug-likeness (QED) is 0.588. The summed E-state index contributed by atoms with van der Waals surface area (Å²) in [5, 5.41) is 8.44. The zero-order valence-corrected chi connectivity index (χ0v) is 6.48. The molecule has 0 bridgehead atoms. The van der Waals surface area contributed by atoms with Crippen LogP contribution in [0.2, 0.25) is 0 Å². The van der Waals surface area contributed by atoms with Crippen LogP contribution in [-0.2, 0) is 4.74 Å². The number of hydrogen-bond donors (Lipinski definition) is 1. The van der Waals surface area contributed by atoms with E-state index in [0.717, 1.165) is 12.8 Å². The van der Waals surface area contributed by atoms with Crippen molar-refractivity contribution in [2.45, 2.75) is 39.2 Å². The maximum atomic E-state index is 8.44. The summed E-state index contributed by atoms with van der Waals surface area (Å²) in [4.78, 5) is 0. The summed E-state index contributed by atoms with van der Waals surface area (Å²) in [6, 6.07) is 0. The van der Waals surface area contributed by atoms with Gasteiger partial charge in [-0.2, -0.15) is 0 Å². The molecule has 0 aromatic heterocycles. The SMILES string of the molecule is CCC(C)(CC)OCO. The van der Waals surface area contributed by atoms with Gasteiger partial charge in [-0.05, 0) is 19.8 Å². The minimum atomic E-state index is -0.168. The Labute approximate surface area is 56.8 Å². The second kappa shape index (κ2) is 3.85. The van der Waals surface area contributed by atoms with E-state index in [1.54, 1.807) is 0 Å². The molecular formula is C7H16O2. The first-order chi connectivity index (χ1) is 4.18. The lowest BCUT2D eigenvalue weighted by molar-refractivity contribution is -0.110. The van der Waals surface area contributed by atoms with Crippen LogP contribution < -0.4 is 0 Å². The van der Waals surface area contributed by atoms with E-state index in [9.17, 15) is 0 Å². The Balaban J connectivity index is 3.62. The molecule has 2 heteroatoms. The Morgan fingerprint density at radius 1 is 1.33 bits per heavy atom. The van der Waals surface area contributed by atoms with E-state index in [1.165, 1.54) is 0 Å². The van der Waals surface area contributed by atoms with Crippen LogP contribution in [0, 0.1) is 0 Å². The minimum absolute atomic E-state index is 0.116. The van der Waals surface area contributed by atoms with E-state index in [2.05, 4.69) is 13.8 Å². The molecule has 0 heterocycles. The van der Waals surface area contributed by atoms with Crippen molar-refractivity contribution in [1.82, 2.24) is 0 Å². The summed E-state index contributed by atoms with van der Waals surface area (Å²) in [6.07, 6.45) is 1.90. The van der Waals surface area contributed by atoms with E-state index in [0.29, 0.717) is 0 Å². The normalized spacial score (nSPS) is 12.0. The van der Waals surface area contributed by atoms with Gasteiger partial charge >= 0.3 is 0 Å². The van der Waals surface area contributed by atoms with Crippen LogP contribution in [0.3, 0.4) is 0 Å². The lowest BCUT2D eigenvalue weighted by Crippen LogP contribution is -2.26. The van der Waals surface area contributed by atoms with Gasteiger partial charge in [0.1, 0.15) is 6.79 Å². The summed E-state index contributed by atoms with van der Waals surface area (Å²) >= 11 is 0. The highest BCUT2D eigenvalue weighted by Gasteiger charge is 2.18. The van der Waals surface area contributed by atoms with Crippen LogP contribution >= 0.6 is 0 Å². The average molecular weight is 132 g/mol. The second-order valence-electron chi connectivity index (χ2n) is 2.43. The zero-order valence-electron chi connectivity index (χ0n) is 6.48. The molecule has 0 saturated heterocycles. The molecular weight excluding hydrogens is 116 g/mol. The summed E-state index contributed by atoms with van der Waals surface area (Å²) in [5.74, 6) is 0. The number of aliphatic hydroxyl groups excluding tert-OH is 1. The van der Waals surface area contributed by atoms with E-state index in [-0.39, 0.29) is 12.4 Å². The maximum Gasteiger partial charge on any atom is 0.144 e. The molecule has 0 spiro atoms. The van der Waals surface area contributed by atoms with Gasteiger partial charge in [0.2, 0.25) is 0 Å². The Hall–Kier alpha value is -0.0800. The molecule has 0 aromatic rings. The number of hydrogen-bond acceptors (Lipinski definition) is 2. The molecule has 0 amide bonds. The molecule has 0 aliphatic heterocycles. The first-order valence-electron chi connectivity index (χ1n) is 3.43. The third-order valence-corrected chi connectivity index (χ3v) is 1.91. The van der Waals surface area contributed by atoms with Crippen molar-refractivity contribution in [2.75, 3.05) is 6.79 Å². The Bertz CT molecular complexity index is 67.3. The highest BCUT2D eigenvalue weighted by Crippen LogP contribution is 2.17. The van der Waals surface area contributed by atoms with Gasteiger partial charge in [0, 0.05) is 0 Å². The molecule has 56 valence electrons. The van der Waals surface area contributed by atoms with Gasteiger partial charge in [0.15, 0.2) is 0 Å². The van der Waals surface area contributed by atoms with Gasteiger partial charge in [-0.1, -0.05) is 13.8 Å². The minimum Gasteiger partial charge on any atom is -0.371 e. The molecule has 0 fully saturated rings. The van der Waals surface area contributed by atoms with Crippen molar-refractivity contribution in [1.29, 1.82) is 0 Å². The number of ether oxygens (including phenoxy) is 1. The molecule has 2 nitrogen and oxygen atoms in total. The van der Waals surface area contributed by atoms with Gasteiger partial charge in [0.25, 0.3) is 0 Å². The fourth-order valence-corrected chi connectivity index (χ4v) is 0.610. The van der Waals surface area contributed by atoms with Crippen LogP contribution in [-0.4, -0.2) is 17.5 Å². The van der Waals surface area contributed by atoms with E-state index >= 15 is 0 Å². The molecule has 0 aliphatic carbocycles. The Kier molecular flexibility index (Phi) is 3.82. The first kappa shape index (κ1) is 8.92. The highest BCUT2D eigenvalue weighted by atomic mass is 16.6. The Morgan fingerprint density at radius 2 is 1.78 bits per heavy atom. The third-order valence-electron chi connectivity index (χ3n) is 1.91. The number of aliphatic hydroxyl groups is 1. The van der Waals surface area contributed by atoms with Crippen LogP contribution in [0.5, 0.6) is 0 Å². The zero-order chi connectivity index (χ0) is 7.33. The lowest BCUT2D eigenvalue weighted by atomic mass is 10.0. The summed E-state index contributed by atoms with van der Waals surface area (Å²) < 4.78 is 5.08. The highest BCUT2D eigenvalue weighted by molar-refractivity contribution is 4.69. The van der Waals surface area contributed by atoms with Gasteiger partial charge in [-0.3, -0.25) is 0 Å². The van der Waals surface area contributed by atoms with Crippen LogP contribution in [0.25, 0.3) is 0 Å². The molecule has 9 heavy (non-hydrogen) atoms. The average Bonchev–Trinajstić information content (AvgIpc) is 1.89. The molecule has 0 aromatic carbocycles. The monoisotopic (exact) mass is 132 g/mol. The van der Waals surface area contributed by atoms with Gasteiger partial charge < -0.3 is 9.84 Å².